The highest BCUT2D eigenvalue weighted by atomic mass is 35.5. The molecule has 1 aliphatic rings. The molecule has 0 spiro atoms. The molecule has 0 aliphatic carbocycles. The lowest BCUT2D eigenvalue weighted by molar-refractivity contribution is -0.127. The lowest BCUT2D eigenvalue weighted by atomic mass is 9.94. The van der Waals surface area contributed by atoms with Gasteiger partial charge in [0.1, 0.15) is 0 Å². The third-order valence-corrected chi connectivity index (χ3v) is 6.75. The molecule has 1 amide bonds. The molecule has 0 saturated carbocycles. The van der Waals surface area contributed by atoms with Crippen LogP contribution in [0.25, 0.3) is 0 Å². The minimum absolute atomic E-state index is 0.0797. The first kappa shape index (κ1) is 22.1. The van der Waals surface area contributed by atoms with E-state index in [0.717, 1.165) is 44.5 Å². The van der Waals surface area contributed by atoms with Crippen molar-refractivity contribution < 1.29 is 4.79 Å². The minimum atomic E-state index is 0.0797. The molecular formula is C24H30Cl2N2O. The van der Waals surface area contributed by atoms with E-state index in [0.29, 0.717) is 10.0 Å². The van der Waals surface area contributed by atoms with Gasteiger partial charge in [0.05, 0.1) is 16.1 Å². The molecule has 5 heteroatoms. The van der Waals surface area contributed by atoms with Gasteiger partial charge in [-0.2, -0.15) is 0 Å². The number of piperidine rings is 1. The van der Waals surface area contributed by atoms with Crippen LogP contribution in [-0.2, 0) is 11.3 Å². The van der Waals surface area contributed by atoms with Crippen molar-refractivity contribution in [2.75, 3.05) is 13.1 Å². The maximum atomic E-state index is 12.9. The van der Waals surface area contributed by atoms with E-state index in [1.54, 1.807) is 0 Å². The summed E-state index contributed by atoms with van der Waals surface area (Å²) >= 11 is 12.1. The van der Waals surface area contributed by atoms with Gasteiger partial charge in [-0.25, -0.2) is 0 Å². The molecule has 1 heterocycles. The highest BCUT2D eigenvalue weighted by Gasteiger charge is 2.26. The number of benzene rings is 2. The molecule has 0 radical (unpaired) electrons. The fourth-order valence-electron chi connectivity index (χ4n) is 3.94. The lowest BCUT2D eigenvalue weighted by Crippen LogP contribution is -2.41. The molecule has 1 aliphatic heterocycles. The summed E-state index contributed by atoms with van der Waals surface area (Å²) in [6.45, 7) is 9.03. The largest absolute Gasteiger partial charge is 0.349 e. The van der Waals surface area contributed by atoms with Crippen molar-refractivity contribution >= 4 is 29.1 Å². The summed E-state index contributed by atoms with van der Waals surface area (Å²) in [4.78, 5) is 15.3. The van der Waals surface area contributed by atoms with Gasteiger partial charge < -0.3 is 5.32 Å². The summed E-state index contributed by atoms with van der Waals surface area (Å²) in [7, 11) is 0. The molecule has 0 bridgehead atoms. The maximum absolute atomic E-state index is 12.9. The second-order valence-electron chi connectivity index (χ2n) is 8.11. The average Bonchev–Trinajstić information content (AvgIpc) is 2.71. The fraction of sp³-hybridized carbons (Fsp3) is 0.458. The van der Waals surface area contributed by atoms with Crippen molar-refractivity contribution in [2.45, 2.75) is 52.6 Å². The van der Waals surface area contributed by atoms with Gasteiger partial charge in [0.25, 0.3) is 0 Å². The maximum Gasteiger partial charge on any atom is 0.223 e. The van der Waals surface area contributed by atoms with E-state index in [1.165, 1.54) is 16.7 Å². The quantitative estimate of drug-likeness (QED) is 0.598. The number of hydrogen-bond acceptors (Lipinski definition) is 2. The summed E-state index contributed by atoms with van der Waals surface area (Å²) in [6, 6.07) is 12.3. The number of aryl methyl sites for hydroxylation is 2. The Balaban J connectivity index is 1.53. The van der Waals surface area contributed by atoms with Crippen LogP contribution in [0.15, 0.2) is 36.4 Å². The number of likely N-dealkylation sites (tertiary alicyclic amines) is 1. The third-order valence-electron chi connectivity index (χ3n) is 6.01. The Hall–Kier alpha value is -1.55. The molecule has 0 aromatic heterocycles. The molecule has 2 aromatic rings. The van der Waals surface area contributed by atoms with Gasteiger partial charge >= 0.3 is 0 Å². The zero-order valence-electron chi connectivity index (χ0n) is 17.5. The number of carbonyl (C=O) groups excluding carboxylic acids is 1. The zero-order valence-corrected chi connectivity index (χ0v) is 19.0. The van der Waals surface area contributed by atoms with Crippen LogP contribution in [0, 0.1) is 19.8 Å². The lowest BCUT2D eigenvalue weighted by Gasteiger charge is -2.32. The zero-order chi connectivity index (χ0) is 21.0. The van der Waals surface area contributed by atoms with Crippen molar-refractivity contribution in [3.63, 3.8) is 0 Å². The standard InChI is InChI=1S/C24H30Cl2N2O/c1-4-23(20-7-5-16(2)17(3)13-20)27-24(29)19-9-11-28(12-10-19)15-18-6-8-21(25)22(26)14-18/h5-8,13-14,19,23H,4,9-12,15H2,1-3H3,(H,27,29). The van der Waals surface area contributed by atoms with E-state index in [1.807, 2.05) is 18.2 Å². The van der Waals surface area contributed by atoms with E-state index in [4.69, 9.17) is 23.2 Å². The highest BCUT2D eigenvalue weighted by Crippen LogP contribution is 2.26. The SMILES string of the molecule is CCC(NC(=O)C1CCN(Cc2ccc(Cl)c(Cl)c2)CC1)c1ccc(C)c(C)c1. The molecule has 1 fully saturated rings. The van der Waals surface area contributed by atoms with Crippen LogP contribution in [-0.4, -0.2) is 23.9 Å². The molecule has 3 nitrogen and oxygen atoms in total. The highest BCUT2D eigenvalue weighted by molar-refractivity contribution is 6.42. The van der Waals surface area contributed by atoms with E-state index in [2.05, 4.69) is 49.2 Å². The first-order valence-corrected chi connectivity index (χ1v) is 11.2. The smallest absolute Gasteiger partial charge is 0.223 e. The number of amides is 1. The van der Waals surface area contributed by atoms with Crippen molar-refractivity contribution in [2.24, 2.45) is 5.92 Å². The van der Waals surface area contributed by atoms with Gasteiger partial charge in [0.15, 0.2) is 0 Å². The molecule has 156 valence electrons. The number of carbonyl (C=O) groups is 1. The van der Waals surface area contributed by atoms with Crippen LogP contribution in [0.1, 0.15) is 54.5 Å². The summed E-state index contributed by atoms with van der Waals surface area (Å²) in [5, 5.41) is 4.46. The predicted octanol–water partition coefficient (Wildman–Crippen LogP) is 6.09. The Bertz CT molecular complexity index is 860. The van der Waals surface area contributed by atoms with Crippen molar-refractivity contribution in [1.29, 1.82) is 0 Å². The summed E-state index contributed by atoms with van der Waals surface area (Å²) < 4.78 is 0. The fourth-order valence-corrected chi connectivity index (χ4v) is 4.26. The molecule has 1 saturated heterocycles. The van der Waals surface area contributed by atoms with E-state index < -0.39 is 0 Å². The Morgan fingerprint density at radius 2 is 1.79 bits per heavy atom. The first-order valence-electron chi connectivity index (χ1n) is 10.4. The van der Waals surface area contributed by atoms with Crippen LogP contribution in [0.4, 0.5) is 0 Å². The van der Waals surface area contributed by atoms with Gasteiger partial charge in [0, 0.05) is 12.5 Å². The average molecular weight is 433 g/mol. The summed E-state index contributed by atoms with van der Waals surface area (Å²) in [6.07, 6.45) is 2.66. The molecule has 1 N–H and O–H groups in total. The Labute approximate surface area is 184 Å². The Kier molecular flexibility index (Phi) is 7.61. The van der Waals surface area contributed by atoms with Crippen LogP contribution in [0.2, 0.25) is 10.0 Å². The van der Waals surface area contributed by atoms with Gasteiger partial charge in [-0.1, -0.05) is 54.4 Å². The van der Waals surface area contributed by atoms with Gasteiger partial charge in [-0.05, 0) is 80.6 Å². The first-order chi connectivity index (χ1) is 13.9. The molecule has 3 rings (SSSR count). The number of hydrogen-bond donors (Lipinski definition) is 1. The van der Waals surface area contributed by atoms with E-state index in [9.17, 15) is 4.79 Å². The summed E-state index contributed by atoms with van der Waals surface area (Å²) in [5.74, 6) is 0.268. The van der Waals surface area contributed by atoms with Crippen LogP contribution in [0.3, 0.4) is 0 Å². The number of nitrogens with one attached hydrogen (secondary N) is 1. The van der Waals surface area contributed by atoms with Gasteiger partial charge in [0.2, 0.25) is 5.91 Å². The minimum Gasteiger partial charge on any atom is -0.349 e. The van der Waals surface area contributed by atoms with Crippen LogP contribution >= 0.6 is 23.2 Å². The monoisotopic (exact) mass is 432 g/mol. The van der Waals surface area contributed by atoms with Crippen molar-refractivity contribution in [3.8, 4) is 0 Å². The Morgan fingerprint density at radius 1 is 1.07 bits per heavy atom. The van der Waals surface area contributed by atoms with E-state index in [-0.39, 0.29) is 17.9 Å². The molecular weight excluding hydrogens is 403 g/mol. The van der Waals surface area contributed by atoms with Crippen LogP contribution < -0.4 is 5.32 Å². The van der Waals surface area contributed by atoms with Crippen LogP contribution in [0.5, 0.6) is 0 Å². The predicted molar refractivity (Wildman–Crippen MR) is 122 cm³/mol. The molecule has 2 aromatic carbocycles. The van der Waals surface area contributed by atoms with Crippen molar-refractivity contribution in [1.82, 2.24) is 10.2 Å². The number of nitrogens with zero attached hydrogens (tertiary/aromatic N) is 1. The second-order valence-corrected chi connectivity index (χ2v) is 8.93. The van der Waals surface area contributed by atoms with Gasteiger partial charge in [-0.3, -0.25) is 9.69 Å². The van der Waals surface area contributed by atoms with Crippen molar-refractivity contribution in [3.05, 3.63) is 68.7 Å². The molecule has 1 unspecified atom stereocenters. The van der Waals surface area contributed by atoms with E-state index >= 15 is 0 Å². The normalized spacial score (nSPS) is 16.6. The molecule has 1 atom stereocenters. The topological polar surface area (TPSA) is 32.3 Å². The summed E-state index contributed by atoms with van der Waals surface area (Å²) in [5.41, 5.74) is 4.90. The molecule has 29 heavy (non-hydrogen) atoms. The number of halogens is 2. The van der Waals surface area contributed by atoms with Gasteiger partial charge in [-0.15, -0.1) is 0 Å². The third kappa shape index (κ3) is 5.75. The second kappa shape index (κ2) is 9.97. The number of rotatable bonds is 6. The Morgan fingerprint density at radius 3 is 2.41 bits per heavy atom.